The minimum Gasteiger partial charge on any atom is -0.480 e. The van der Waals surface area contributed by atoms with Crippen molar-refractivity contribution in [3.63, 3.8) is 0 Å². The van der Waals surface area contributed by atoms with E-state index in [1.807, 2.05) is 24.3 Å². The number of carbonyl (C=O) groups excluding carboxylic acids is 2. The van der Waals surface area contributed by atoms with Crippen molar-refractivity contribution in [2.45, 2.75) is 37.7 Å². The molecule has 1 saturated carbocycles. The van der Waals surface area contributed by atoms with Gasteiger partial charge in [-0.15, -0.1) is 11.8 Å². The number of carbonyl (C=O) groups is 3. The highest BCUT2D eigenvalue weighted by atomic mass is 32.2. The number of carboxylic acids is 1. The van der Waals surface area contributed by atoms with E-state index in [0.29, 0.717) is 18.6 Å². The summed E-state index contributed by atoms with van der Waals surface area (Å²) in [7, 11) is 0. The van der Waals surface area contributed by atoms with Gasteiger partial charge in [0.25, 0.3) is 0 Å². The first-order valence-electron chi connectivity index (χ1n) is 7.02. The summed E-state index contributed by atoms with van der Waals surface area (Å²) in [6.07, 6.45) is 0.146. The molecule has 0 saturated heterocycles. The highest BCUT2D eigenvalue weighted by Crippen LogP contribution is 2.47. The van der Waals surface area contributed by atoms with Gasteiger partial charge >= 0.3 is 11.9 Å². The Bertz CT molecular complexity index is 606. The van der Waals surface area contributed by atoms with Crippen LogP contribution >= 0.6 is 11.8 Å². The van der Waals surface area contributed by atoms with Gasteiger partial charge in [-0.2, -0.15) is 0 Å². The Morgan fingerprint density at radius 3 is 2.59 bits per heavy atom. The Labute approximate surface area is 133 Å². The third-order valence-electron chi connectivity index (χ3n) is 3.60. The highest BCUT2D eigenvalue weighted by Gasteiger charge is 2.59. The maximum Gasteiger partial charge on any atom is 0.324 e. The fourth-order valence-electron chi connectivity index (χ4n) is 2.01. The summed E-state index contributed by atoms with van der Waals surface area (Å²) in [5, 5.41) is 9.09. The van der Waals surface area contributed by atoms with Crippen molar-refractivity contribution >= 4 is 29.5 Å². The van der Waals surface area contributed by atoms with Crippen molar-refractivity contribution in [3.05, 3.63) is 29.8 Å². The van der Waals surface area contributed by atoms with Gasteiger partial charge in [0.05, 0.1) is 5.75 Å². The predicted octanol–water partition coefficient (Wildman–Crippen LogP) is 2.84. The number of esters is 1. The molecule has 1 aromatic carbocycles. The molecule has 2 rings (SSSR count). The molecule has 1 unspecified atom stereocenters. The summed E-state index contributed by atoms with van der Waals surface area (Å²) < 4.78 is 5.31. The van der Waals surface area contributed by atoms with Crippen LogP contribution in [0.5, 0.6) is 0 Å². The number of hydrogen-bond donors (Lipinski definition) is 1. The lowest BCUT2D eigenvalue weighted by Gasteiger charge is -2.17. The first-order valence-corrected chi connectivity index (χ1v) is 8.00. The van der Waals surface area contributed by atoms with Crippen LogP contribution in [0.15, 0.2) is 29.2 Å². The maximum absolute atomic E-state index is 12.0. The van der Waals surface area contributed by atoms with E-state index in [2.05, 4.69) is 0 Å². The fraction of sp³-hybridized carbons (Fsp3) is 0.438. The molecule has 0 heterocycles. The second-order valence-electron chi connectivity index (χ2n) is 5.50. The molecule has 1 atom stereocenters. The zero-order valence-electron chi connectivity index (χ0n) is 12.5. The summed E-state index contributed by atoms with van der Waals surface area (Å²) in [6, 6.07) is 7.37. The molecule has 0 aromatic heterocycles. The van der Waals surface area contributed by atoms with E-state index >= 15 is 0 Å². The average Bonchev–Trinajstić information content (AvgIpc) is 3.27. The van der Waals surface area contributed by atoms with E-state index in [4.69, 9.17) is 9.84 Å². The molecule has 1 aliphatic carbocycles. The summed E-state index contributed by atoms with van der Waals surface area (Å²) in [4.78, 5) is 35.0. The Kier molecular flexibility index (Phi) is 4.90. The number of rotatable bonds is 7. The molecule has 1 aromatic rings. The van der Waals surface area contributed by atoms with Crippen molar-refractivity contribution in [2.24, 2.45) is 5.41 Å². The molecular formula is C16H18O5S. The van der Waals surface area contributed by atoms with Gasteiger partial charge in [-0.1, -0.05) is 12.1 Å². The second-order valence-corrected chi connectivity index (χ2v) is 6.55. The van der Waals surface area contributed by atoms with Crippen LogP contribution in [0.3, 0.4) is 0 Å². The van der Waals surface area contributed by atoms with E-state index in [0.717, 1.165) is 10.5 Å². The Hall–Kier alpha value is -1.82. The number of ketones is 1. The van der Waals surface area contributed by atoms with Gasteiger partial charge in [-0.3, -0.25) is 14.4 Å². The molecule has 0 amide bonds. The molecule has 1 N–H and O–H groups in total. The summed E-state index contributed by atoms with van der Waals surface area (Å²) in [6.45, 7) is 3.24. The summed E-state index contributed by atoms with van der Waals surface area (Å²) >= 11 is 1.42. The topological polar surface area (TPSA) is 80.7 Å². The van der Waals surface area contributed by atoms with Gasteiger partial charge in [0.15, 0.2) is 5.41 Å². The molecular weight excluding hydrogens is 304 g/mol. The van der Waals surface area contributed by atoms with Crippen LogP contribution in [0.25, 0.3) is 0 Å². The summed E-state index contributed by atoms with van der Waals surface area (Å²) in [5.74, 6) is -1.31. The van der Waals surface area contributed by atoms with Crippen LogP contribution in [-0.4, -0.2) is 28.6 Å². The third kappa shape index (κ3) is 3.68. The smallest absolute Gasteiger partial charge is 0.324 e. The van der Waals surface area contributed by atoms with Crippen LogP contribution in [0.2, 0.25) is 0 Å². The van der Waals surface area contributed by atoms with Crippen molar-refractivity contribution in [2.75, 3.05) is 5.75 Å². The number of thioether (sulfide) groups is 1. The molecule has 118 valence electrons. The van der Waals surface area contributed by atoms with Crippen LogP contribution in [-0.2, 0) is 19.1 Å². The van der Waals surface area contributed by atoms with Crippen molar-refractivity contribution in [1.82, 2.24) is 0 Å². The van der Waals surface area contributed by atoms with E-state index in [-0.39, 0.29) is 5.78 Å². The van der Waals surface area contributed by atoms with Crippen molar-refractivity contribution in [1.29, 1.82) is 0 Å². The molecule has 22 heavy (non-hydrogen) atoms. The number of benzene rings is 1. The van der Waals surface area contributed by atoms with E-state index < -0.39 is 23.5 Å². The Balaban J connectivity index is 2.02. The number of aliphatic carboxylic acids is 1. The first-order chi connectivity index (χ1) is 10.3. The predicted molar refractivity (Wildman–Crippen MR) is 81.7 cm³/mol. The molecule has 5 nitrogen and oxygen atoms in total. The number of Topliss-reactive ketones (excluding diaryl/α,β-unsaturated/α-hetero) is 1. The molecule has 0 bridgehead atoms. The largest absolute Gasteiger partial charge is 0.480 e. The number of hydrogen-bond acceptors (Lipinski definition) is 5. The van der Waals surface area contributed by atoms with Crippen LogP contribution in [0, 0.1) is 5.41 Å². The minimum atomic E-state index is -1.34. The van der Waals surface area contributed by atoms with Crippen LogP contribution < -0.4 is 0 Å². The normalized spacial score (nSPS) is 16.6. The van der Waals surface area contributed by atoms with Gasteiger partial charge in [-0.25, -0.2) is 0 Å². The lowest BCUT2D eigenvalue weighted by atomic mass is 10.1. The van der Waals surface area contributed by atoms with E-state index in [1.54, 1.807) is 6.92 Å². The first kappa shape index (κ1) is 16.5. The van der Waals surface area contributed by atoms with Crippen LogP contribution in [0.1, 0.15) is 38.4 Å². The Morgan fingerprint density at radius 1 is 1.36 bits per heavy atom. The number of ether oxygens (including phenoxy) is 1. The van der Waals surface area contributed by atoms with E-state index in [1.165, 1.54) is 18.7 Å². The third-order valence-corrected chi connectivity index (χ3v) is 4.74. The lowest BCUT2D eigenvalue weighted by molar-refractivity contribution is -0.164. The lowest BCUT2D eigenvalue weighted by Crippen LogP contribution is -2.28. The zero-order valence-corrected chi connectivity index (χ0v) is 13.3. The molecule has 0 spiro atoms. The van der Waals surface area contributed by atoms with Gasteiger partial charge in [-0.05, 0) is 44.4 Å². The minimum absolute atomic E-state index is 0.0898. The Morgan fingerprint density at radius 2 is 2.05 bits per heavy atom. The van der Waals surface area contributed by atoms with Gasteiger partial charge in [0.1, 0.15) is 11.9 Å². The fourth-order valence-corrected chi connectivity index (χ4v) is 2.78. The van der Waals surface area contributed by atoms with Gasteiger partial charge in [0, 0.05) is 4.90 Å². The second kappa shape index (κ2) is 6.52. The quantitative estimate of drug-likeness (QED) is 0.472. The maximum atomic E-state index is 12.0. The number of carboxylic acid groups (broad SMARTS) is 1. The molecule has 6 heteroatoms. The van der Waals surface area contributed by atoms with Crippen molar-refractivity contribution < 1.29 is 24.2 Å². The van der Waals surface area contributed by atoms with Crippen LogP contribution in [0.4, 0.5) is 0 Å². The standard InChI is InChI=1S/C16H18O5S/c1-10(17)9-22-13-5-3-4-12(8-13)11(2)21-15(20)16(6-7-16)14(18)19/h3-5,8,11H,6-7,9H2,1-2H3,(H,18,19). The molecule has 0 radical (unpaired) electrons. The van der Waals surface area contributed by atoms with Gasteiger partial charge < -0.3 is 9.84 Å². The SMILES string of the molecule is CC(=O)CSc1cccc(C(C)OC(=O)C2(C(=O)O)CC2)c1. The van der Waals surface area contributed by atoms with E-state index in [9.17, 15) is 14.4 Å². The summed E-state index contributed by atoms with van der Waals surface area (Å²) in [5.41, 5.74) is -0.557. The van der Waals surface area contributed by atoms with Gasteiger partial charge in [0.2, 0.25) is 0 Å². The zero-order chi connectivity index (χ0) is 16.3. The molecule has 0 aliphatic heterocycles. The van der Waals surface area contributed by atoms with Crippen molar-refractivity contribution in [3.8, 4) is 0 Å². The molecule has 1 fully saturated rings. The molecule has 1 aliphatic rings. The monoisotopic (exact) mass is 322 g/mol. The average molecular weight is 322 g/mol. The highest BCUT2D eigenvalue weighted by molar-refractivity contribution is 8.00.